The molecule has 1 atom stereocenters. The number of nitrogens with zero attached hydrogens (tertiary/aromatic N) is 1. The topological polar surface area (TPSA) is 60.4 Å². The number of carbonyl (C=O) groups is 2. The van der Waals surface area contributed by atoms with E-state index in [0.29, 0.717) is 6.42 Å². The van der Waals surface area contributed by atoms with Gasteiger partial charge in [-0.3, -0.25) is 4.79 Å². The van der Waals surface area contributed by atoms with Crippen molar-refractivity contribution in [1.29, 1.82) is 0 Å². The third-order valence-electron chi connectivity index (χ3n) is 4.18. The Morgan fingerprint density at radius 2 is 1.35 bits per heavy atom. The van der Waals surface area contributed by atoms with Crippen LogP contribution in [0.5, 0.6) is 0 Å². The second-order valence-electron chi connectivity index (χ2n) is 6.59. The summed E-state index contributed by atoms with van der Waals surface area (Å²) >= 11 is 0. The van der Waals surface area contributed by atoms with Crippen molar-refractivity contribution in [2.45, 2.75) is 91.0 Å². The minimum Gasteiger partial charge on any atom is -0.548 e. The van der Waals surface area contributed by atoms with Gasteiger partial charge in [-0.1, -0.05) is 72.1 Å². The number of carboxylic acid groups (broad SMARTS) is 1. The Bertz CT molecular complexity index is 321. The van der Waals surface area contributed by atoms with Crippen LogP contribution in [0, 0.1) is 5.92 Å². The van der Waals surface area contributed by atoms with Crippen LogP contribution in [0.2, 0.25) is 0 Å². The first kappa shape index (κ1) is 25.2. The van der Waals surface area contributed by atoms with E-state index in [2.05, 4.69) is 6.92 Å². The molecule has 0 saturated carbocycles. The first-order valence-electron chi connectivity index (χ1n) is 8.88. The molecule has 0 spiro atoms. The fourth-order valence-electron chi connectivity index (χ4n) is 2.80. The summed E-state index contributed by atoms with van der Waals surface area (Å²) in [6.07, 6.45) is 11.3. The summed E-state index contributed by atoms with van der Waals surface area (Å²) in [5, 5.41) is 11.1. The predicted molar refractivity (Wildman–Crippen MR) is 88.2 cm³/mol. The van der Waals surface area contributed by atoms with Crippen LogP contribution in [0.3, 0.4) is 0 Å². The van der Waals surface area contributed by atoms with Gasteiger partial charge < -0.3 is 14.8 Å². The summed E-state index contributed by atoms with van der Waals surface area (Å²) in [4.78, 5) is 24.5. The molecule has 0 rings (SSSR count). The van der Waals surface area contributed by atoms with E-state index in [1.54, 1.807) is 20.9 Å². The van der Waals surface area contributed by atoms with Crippen LogP contribution < -0.4 is 34.7 Å². The molecular formula is C18H34NNaO3. The summed E-state index contributed by atoms with van der Waals surface area (Å²) in [6.45, 7) is 5.81. The van der Waals surface area contributed by atoms with Crippen molar-refractivity contribution in [3.05, 3.63) is 0 Å². The molecule has 1 amide bonds. The van der Waals surface area contributed by atoms with Crippen molar-refractivity contribution >= 4 is 11.9 Å². The maximum atomic E-state index is 12.0. The molecule has 1 unspecified atom stereocenters. The standard InChI is InChI=1S/C18H35NO3.Na/c1-5-6-7-8-9-10-11-12-13-14-16(20)19(4)17(15(2)3)18(21)22;/h15,17H,5-14H2,1-4H3,(H,21,22);/q;+1/p-1. The molecule has 0 aromatic heterocycles. The van der Waals surface area contributed by atoms with E-state index in [-0.39, 0.29) is 41.4 Å². The van der Waals surface area contributed by atoms with Crippen LogP contribution in [0.15, 0.2) is 0 Å². The van der Waals surface area contributed by atoms with Gasteiger partial charge in [0.05, 0.1) is 12.0 Å². The third-order valence-corrected chi connectivity index (χ3v) is 4.18. The fraction of sp³-hybridized carbons (Fsp3) is 0.889. The number of likely N-dealkylation sites (N-methyl/N-ethyl adjacent to an activating group) is 1. The van der Waals surface area contributed by atoms with Gasteiger partial charge in [-0.05, 0) is 12.3 Å². The third kappa shape index (κ3) is 12.0. The van der Waals surface area contributed by atoms with Crippen molar-refractivity contribution in [3.8, 4) is 0 Å². The summed E-state index contributed by atoms with van der Waals surface area (Å²) < 4.78 is 0. The maximum absolute atomic E-state index is 12.0. The van der Waals surface area contributed by atoms with Gasteiger partial charge in [-0.15, -0.1) is 0 Å². The molecule has 23 heavy (non-hydrogen) atoms. The summed E-state index contributed by atoms with van der Waals surface area (Å²) in [5.41, 5.74) is 0. The zero-order valence-electron chi connectivity index (χ0n) is 15.9. The van der Waals surface area contributed by atoms with E-state index < -0.39 is 12.0 Å². The van der Waals surface area contributed by atoms with Crippen LogP contribution in [0.1, 0.15) is 85.0 Å². The second kappa shape index (κ2) is 15.5. The Morgan fingerprint density at radius 1 is 0.913 bits per heavy atom. The van der Waals surface area contributed by atoms with Gasteiger partial charge >= 0.3 is 29.6 Å². The number of rotatable bonds is 13. The number of hydrogen-bond acceptors (Lipinski definition) is 3. The zero-order chi connectivity index (χ0) is 17.0. The first-order valence-corrected chi connectivity index (χ1v) is 8.88. The molecule has 0 N–H and O–H groups in total. The molecule has 130 valence electrons. The van der Waals surface area contributed by atoms with E-state index in [1.807, 2.05) is 0 Å². The number of aliphatic carboxylic acids is 1. The largest absolute Gasteiger partial charge is 1.00 e. The monoisotopic (exact) mass is 335 g/mol. The SMILES string of the molecule is CCCCCCCCCCCC(=O)N(C)C(C(=O)[O-])C(C)C.[Na+]. The van der Waals surface area contributed by atoms with Gasteiger partial charge in [-0.25, -0.2) is 0 Å². The Hall–Kier alpha value is -0.0600. The average molecular weight is 335 g/mol. The molecule has 0 aliphatic carbocycles. The van der Waals surface area contributed by atoms with E-state index >= 15 is 0 Å². The van der Waals surface area contributed by atoms with Crippen molar-refractivity contribution in [2.75, 3.05) is 7.05 Å². The molecule has 0 fully saturated rings. The molecule has 0 aliphatic rings. The molecule has 0 aromatic rings. The maximum Gasteiger partial charge on any atom is 1.00 e. The molecule has 0 aliphatic heterocycles. The molecule has 0 radical (unpaired) electrons. The summed E-state index contributed by atoms with van der Waals surface area (Å²) in [6, 6.07) is -0.828. The molecule has 5 heteroatoms. The second-order valence-corrected chi connectivity index (χ2v) is 6.59. The summed E-state index contributed by atoms with van der Waals surface area (Å²) in [5.74, 6) is -1.40. The zero-order valence-corrected chi connectivity index (χ0v) is 17.9. The van der Waals surface area contributed by atoms with E-state index in [1.165, 1.54) is 43.4 Å². The average Bonchev–Trinajstić information content (AvgIpc) is 2.44. The van der Waals surface area contributed by atoms with E-state index in [9.17, 15) is 14.7 Å². The number of carbonyl (C=O) groups excluding carboxylic acids is 2. The van der Waals surface area contributed by atoms with Crippen LogP contribution in [-0.4, -0.2) is 29.9 Å². The Morgan fingerprint density at radius 3 is 1.74 bits per heavy atom. The molecule has 0 bridgehead atoms. The smallest absolute Gasteiger partial charge is 0.548 e. The summed E-state index contributed by atoms with van der Waals surface area (Å²) in [7, 11) is 1.57. The molecular weight excluding hydrogens is 301 g/mol. The molecule has 4 nitrogen and oxygen atoms in total. The van der Waals surface area contributed by atoms with E-state index in [0.717, 1.165) is 19.3 Å². The Labute approximate surface area is 164 Å². The number of carboxylic acids is 1. The number of unbranched alkanes of at least 4 members (excludes halogenated alkanes) is 8. The van der Waals surface area contributed by atoms with Gasteiger partial charge in [-0.2, -0.15) is 0 Å². The molecule has 0 heterocycles. The van der Waals surface area contributed by atoms with Gasteiger partial charge in [0, 0.05) is 13.5 Å². The van der Waals surface area contributed by atoms with Crippen molar-refractivity contribution < 1.29 is 44.3 Å². The normalized spacial score (nSPS) is 11.9. The predicted octanol–water partition coefficient (Wildman–Crippen LogP) is 0.144. The van der Waals surface area contributed by atoms with Crippen molar-refractivity contribution in [2.24, 2.45) is 5.92 Å². The van der Waals surface area contributed by atoms with Crippen LogP contribution in [-0.2, 0) is 9.59 Å². The first-order chi connectivity index (χ1) is 10.4. The number of amides is 1. The minimum absolute atomic E-state index is 0. The number of hydrogen-bond donors (Lipinski definition) is 0. The van der Waals surface area contributed by atoms with Gasteiger partial charge in [0.1, 0.15) is 0 Å². The van der Waals surface area contributed by atoms with Crippen molar-refractivity contribution in [3.63, 3.8) is 0 Å². The van der Waals surface area contributed by atoms with Crippen LogP contribution in [0.4, 0.5) is 0 Å². The Balaban J connectivity index is 0. The fourth-order valence-corrected chi connectivity index (χ4v) is 2.80. The minimum atomic E-state index is -1.17. The Kier molecular flexibility index (Phi) is 16.9. The van der Waals surface area contributed by atoms with Gasteiger partial charge in [0.2, 0.25) is 5.91 Å². The van der Waals surface area contributed by atoms with E-state index in [4.69, 9.17) is 0 Å². The van der Waals surface area contributed by atoms with Gasteiger partial charge in [0.15, 0.2) is 0 Å². The van der Waals surface area contributed by atoms with Crippen LogP contribution >= 0.6 is 0 Å². The van der Waals surface area contributed by atoms with Gasteiger partial charge in [0.25, 0.3) is 0 Å². The quantitative estimate of drug-likeness (QED) is 0.355. The van der Waals surface area contributed by atoms with Crippen molar-refractivity contribution in [1.82, 2.24) is 4.90 Å². The molecule has 0 aromatic carbocycles. The van der Waals surface area contributed by atoms with Crippen LogP contribution in [0.25, 0.3) is 0 Å². The molecule has 0 saturated heterocycles.